The third kappa shape index (κ3) is 3.00. The number of halogens is 1. The molecule has 2 heterocycles. The van der Waals surface area contributed by atoms with Crippen LogP contribution in [-0.2, 0) is 0 Å². The summed E-state index contributed by atoms with van der Waals surface area (Å²) in [5.74, 6) is 0.329. The number of carbonyl (C=O) groups excluding carboxylic acids is 1. The van der Waals surface area contributed by atoms with E-state index in [0.29, 0.717) is 10.8 Å². The normalized spacial score (nSPS) is 10.1. The molecule has 0 radical (unpaired) electrons. The Labute approximate surface area is 114 Å². The van der Waals surface area contributed by atoms with Crippen LogP contribution in [0.3, 0.4) is 0 Å². The van der Waals surface area contributed by atoms with E-state index >= 15 is 0 Å². The SMILES string of the molecule is CCNc1ccc(Cl)c(C(=O)Nc2ccsc2)n1. The van der Waals surface area contributed by atoms with Crippen molar-refractivity contribution in [3.8, 4) is 0 Å². The lowest BCUT2D eigenvalue weighted by Crippen LogP contribution is -2.15. The Morgan fingerprint density at radius 2 is 2.28 bits per heavy atom. The first-order valence-electron chi connectivity index (χ1n) is 5.44. The summed E-state index contributed by atoms with van der Waals surface area (Å²) < 4.78 is 0. The van der Waals surface area contributed by atoms with Crippen molar-refractivity contribution in [3.05, 3.63) is 39.7 Å². The topological polar surface area (TPSA) is 54.0 Å². The summed E-state index contributed by atoms with van der Waals surface area (Å²) in [4.78, 5) is 16.2. The number of pyridine rings is 1. The quantitative estimate of drug-likeness (QED) is 0.902. The molecule has 4 nitrogen and oxygen atoms in total. The molecular formula is C12H12ClN3OS. The van der Waals surface area contributed by atoms with Crippen molar-refractivity contribution in [2.45, 2.75) is 6.92 Å². The third-order valence-corrected chi connectivity index (χ3v) is 3.19. The van der Waals surface area contributed by atoms with Crippen LogP contribution in [-0.4, -0.2) is 17.4 Å². The monoisotopic (exact) mass is 281 g/mol. The van der Waals surface area contributed by atoms with Crippen LogP contribution in [0.15, 0.2) is 29.0 Å². The molecule has 2 rings (SSSR count). The molecule has 0 fully saturated rings. The Kier molecular flexibility index (Phi) is 4.17. The van der Waals surface area contributed by atoms with E-state index in [-0.39, 0.29) is 11.6 Å². The van der Waals surface area contributed by atoms with E-state index in [2.05, 4.69) is 15.6 Å². The molecule has 2 N–H and O–H groups in total. The van der Waals surface area contributed by atoms with Gasteiger partial charge in [-0.2, -0.15) is 11.3 Å². The van der Waals surface area contributed by atoms with E-state index in [1.807, 2.05) is 23.8 Å². The van der Waals surface area contributed by atoms with E-state index in [1.54, 1.807) is 12.1 Å². The number of amides is 1. The highest BCUT2D eigenvalue weighted by Crippen LogP contribution is 2.19. The zero-order chi connectivity index (χ0) is 13.0. The van der Waals surface area contributed by atoms with Crippen molar-refractivity contribution in [3.63, 3.8) is 0 Å². The fourth-order valence-electron chi connectivity index (χ4n) is 1.41. The van der Waals surface area contributed by atoms with Gasteiger partial charge in [0.1, 0.15) is 11.5 Å². The van der Waals surface area contributed by atoms with Gasteiger partial charge >= 0.3 is 0 Å². The Balaban J connectivity index is 2.20. The molecule has 0 unspecified atom stereocenters. The highest BCUT2D eigenvalue weighted by atomic mass is 35.5. The molecule has 94 valence electrons. The van der Waals surface area contributed by atoms with Crippen molar-refractivity contribution in [2.75, 3.05) is 17.2 Å². The highest BCUT2D eigenvalue weighted by Gasteiger charge is 2.13. The summed E-state index contributed by atoms with van der Waals surface area (Å²) in [6.45, 7) is 2.70. The van der Waals surface area contributed by atoms with Crippen LogP contribution in [0.5, 0.6) is 0 Å². The van der Waals surface area contributed by atoms with E-state index in [0.717, 1.165) is 12.2 Å². The Morgan fingerprint density at radius 3 is 2.94 bits per heavy atom. The maximum absolute atomic E-state index is 12.0. The molecule has 6 heteroatoms. The molecule has 0 spiro atoms. The van der Waals surface area contributed by atoms with Crippen molar-refractivity contribution in [1.82, 2.24) is 4.98 Å². The lowest BCUT2D eigenvalue weighted by molar-refractivity contribution is 0.102. The molecule has 2 aromatic rings. The molecule has 0 aliphatic carbocycles. The van der Waals surface area contributed by atoms with Crippen LogP contribution < -0.4 is 10.6 Å². The average molecular weight is 282 g/mol. The summed E-state index contributed by atoms with van der Waals surface area (Å²) in [5.41, 5.74) is 0.970. The second-order valence-corrected chi connectivity index (χ2v) is 4.71. The number of carbonyl (C=O) groups is 1. The number of hydrogen-bond acceptors (Lipinski definition) is 4. The molecule has 0 atom stereocenters. The second-order valence-electron chi connectivity index (χ2n) is 3.52. The molecule has 0 saturated carbocycles. The minimum atomic E-state index is -0.307. The van der Waals surface area contributed by atoms with Gasteiger partial charge < -0.3 is 10.6 Å². The van der Waals surface area contributed by atoms with Crippen molar-refractivity contribution in [2.24, 2.45) is 0 Å². The van der Waals surface area contributed by atoms with E-state index < -0.39 is 0 Å². The number of nitrogens with one attached hydrogen (secondary N) is 2. The van der Waals surface area contributed by atoms with Gasteiger partial charge in [0.2, 0.25) is 0 Å². The minimum Gasteiger partial charge on any atom is -0.370 e. The van der Waals surface area contributed by atoms with Gasteiger partial charge in [0, 0.05) is 11.9 Å². The van der Waals surface area contributed by atoms with Gasteiger partial charge in [0.25, 0.3) is 5.91 Å². The number of thiophene rings is 1. The number of anilines is 2. The summed E-state index contributed by atoms with van der Waals surface area (Å²) in [5, 5.41) is 9.86. The van der Waals surface area contributed by atoms with Crippen molar-refractivity contribution in [1.29, 1.82) is 0 Å². The lowest BCUT2D eigenvalue weighted by Gasteiger charge is -2.07. The molecule has 0 aromatic carbocycles. The predicted octanol–water partition coefficient (Wildman–Crippen LogP) is 3.48. The summed E-state index contributed by atoms with van der Waals surface area (Å²) in [7, 11) is 0. The summed E-state index contributed by atoms with van der Waals surface area (Å²) in [6.07, 6.45) is 0. The first-order chi connectivity index (χ1) is 8.70. The zero-order valence-corrected chi connectivity index (χ0v) is 11.3. The fraction of sp³-hybridized carbons (Fsp3) is 0.167. The Bertz CT molecular complexity index is 542. The minimum absolute atomic E-state index is 0.223. The Morgan fingerprint density at radius 1 is 1.44 bits per heavy atom. The molecule has 0 aliphatic rings. The maximum Gasteiger partial charge on any atom is 0.275 e. The molecular weight excluding hydrogens is 270 g/mol. The summed E-state index contributed by atoms with van der Waals surface area (Å²) >= 11 is 7.49. The molecule has 18 heavy (non-hydrogen) atoms. The molecule has 0 aliphatic heterocycles. The molecule has 2 aromatic heterocycles. The zero-order valence-electron chi connectivity index (χ0n) is 9.74. The molecule has 1 amide bonds. The van der Waals surface area contributed by atoms with Crippen LogP contribution in [0.4, 0.5) is 11.5 Å². The van der Waals surface area contributed by atoms with E-state index in [1.165, 1.54) is 11.3 Å². The maximum atomic E-state index is 12.0. The van der Waals surface area contributed by atoms with Crippen LogP contribution in [0.1, 0.15) is 17.4 Å². The smallest absolute Gasteiger partial charge is 0.275 e. The largest absolute Gasteiger partial charge is 0.370 e. The van der Waals surface area contributed by atoms with Crippen molar-refractivity contribution < 1.29 is 4.79 Å². The third-order valence-electron chi connectivity index (χ3n) is 2.20. The first kappa shape index (κ1) is 12.9. The van der Waals surface area contributed by atoms with Gasteiger partial charge in [-0.25, -0.2) is 4.98 Å². The van der Waals surface area contributed by atoms with E-state index in [4.69, 9.17) is 11.6 Å². The van der Waals surface area contributed by atoms with Gasteiger partial charge in [0.05, 0.1) is 10.7 Å². The predicted molar refractivity (Wildman–Crippen MR) is 75.7 cm³/mol. The van der Waals surface area contributed by atoms with Gasteiger partial charge in [-0.1, -0.05) is 11.6 Å². The fourth-order valence-corrected chi connectivity index (χ4v) is 2.19. The van der Waals surface area contributed by atoms with Crippen LogP contribution in [0.2, 0.25) is 5.02 Å². The number of rotatable bonds is 4. The average Bonchev–Trinajstić information content (AvgIpc) is 2.84. The van der Waals surface area contributed by atoms with Crippen LogP contribution >= 0.6 is 22.9 Å². The van der Waals surface area contributed by atoms with Gasteiger partial charge in [0.15, 0.2) is 0 Å². The van der Waals surface area contributed by atoms with Crippen LogP contribution in [0.25, 0.3) is 0 Å². The number of nitrogens with zero attached hydrogens (tertiary/aromatic N) is 1. The number of aromatic nitrogens is 1. The standard InChI is InChI=1S/C12H12ClN3OS/c1-2-14-10-4-3-9(13)11(16-10)12(17)15-8-5-6-18-7-8/h3-7H,2H2,1H3,(H,14,16)(H,15,17). The van der Waals surface area contributed by atoms with Crippen molar-refractivity contribution >= 4 is 40.4 Å². The second kappa shape index (κ2) is 5.84. The highest BCUT2D eigenvalue weighted by molar-refractivity contribution is 7.08. The number of hydrogen-bond donors (Lipinski definition) is 2. The lowest BCUT2D eigenvalue weighted by atomic mass is 10.3. The van der Waals surface area contributed by atoms with E-state index in [9.17, 15) is 4.79 Å². The van der Waals surface area contributed by atoms with Gasteiger partial charge in [-0.05, 0) is 30.5 Å². The molecule has 0 saturated heterocycles. The first-order valence-corrected chi connectivity index (χ1v) is 6.76. The Hall–Kier alpha value is -1.59. The van der Waals surface area contributed by atoms with Gasteiger partial charge in [-0.3, -0.25) is 4.79 Å². The molecule has 0 bridgehead atoms. The summed E-state index contributed by atoms with van der Waals surface area (Å²) in [6, 6.07) is 5.23. The van der Waals surface area contributed by atoms with Crippen LogP contribution in [0, 0.1) is 0 Å². The van der Waals surface area contributed by atoms with Gasteiger partial charge in [-0.15, -0.1) is 0 Å².